The molecule has 1 aromatic rings. The molecule has 6 heteroatoms. The standard InChI is InChI=1S/C27H37N3O3/c1-17-10-13-23(26(32)28-17)30-16-20-15-18(11-12-22(20)27(30)33)14-19-6-5-9-24(31)25(19)29-21-7-3-2-4-8-21/h11-12,15,19,21,23-25,29,31H,1-10,13-14,16H2,(H,28,32)/t19-,23?,24+,25-/m1/s1. The molecule has 2 amide bonds. The molecule has 4 aliphatic rings. The molecule has 3 fully saturated rings. The average molecular weight is 452 g/mol. The fraction of sp³-hybridized carbons (Fsp3) is 0.630. The molecule has 1 unspecified atom stereocenters. The normalized spacial score (nSPS) is 30.9. The summed E-state index contributed by atoms with van der Waals surface area (Å²) in [6.07, 6.45) is 11.4. The third-order valence-electron chi connectivity index (χ3n) is 8.23. The van der Waals surface area contributed by atoms with Gasteiger partial charge in [-0.05, 0) is 68.1 Å². The summed E-state index contributed by atoms with van der Waals surface area (Å²) in [6.45, 7) is 4.33. The lowest BCUT2D eigenvalue weighted by atomic mass is 9.78. The number of nitrogens with zero attached hydrogens (tertiary/aromatic N) is 1. The van der Waals surface area contributed by atoms with Crippen LogP contribution in [-0.4, -0.2) is 46.1 Å². The van der Waals surface area contributed by atoms with Gasteiger partial charge >= 0.3 is 0 Å². The van der Waals surface area contributed by atoms with Crippen LogP contribution in [0, 0.1) is 5.92 Å². The highest BCUT2D eigenvalue weighted by Gasteiger charge is 2.39. The third-order valence-corrected chi connectivity index (χ3v) is 8.23. The van der Waals surface area contributed by atoms with E-state index in [1.54, 1.807) is 4.90 Å². The molecule has 5 rings (SSSR count). The first-order chi connectivity index (χ1) is 16.0. The number of nitrogens with one attached hydrogen (secondary N) is 2. The molecule has 3 N–H and O–H groups in total. The van der Waals surface area contributed by atoms with Crippen molar-refractivity contribution in [3.63, 3.8) is 0 Å². The smallest absolute Gasteiger partial charge is 0.255 e. The van der Waals surface area contributed by atoms with Crippen LogP contribution < -0.4 is 10.6 Å². The van der Waals surface area contributed by atoms with Gasteiger partial charge in [0, 0.05) is 29.9 Å². The van der Waals surface area contributed by atoms with Gasteiger partial charge in [0.1, 0.15) is 6.04 Å². The van der Waals surface area contributed by atoms with E-state index >= 15 is 0 Å². The Balaban J connectivity index is 1.28. The van der Waals surface area contributed by atoms with Crippen LogP contribution >= 0.6 is 0 Å². The topological polar surface area (TPSA) is 81.7 Å². The molecule has 1 saturated heterocycles. The van der Waals surface area contributed by atoms with E-state index in [4.69, 9.17) is 0 Å². The second-order valence-corrected chi connectivity index (χ2v) is 10.6. The maximum absolute atomic E-state index is 13.0. The predicted octanol–water partition coefficient (Wildman–Crippen LogP) is 3.43. The Hall–Kier alpha value is -2.18. The number of piperidine rings is 1. The summed E-state index contributed by atoms with van der Waals surface area (Å²) < 4.78 is 0. The summed E-state index contributed by atoms with van der Waals surface area (Å²) in [5.74, 6) is 0.228. The highest BCUT2D eigenvalue weighted by Crippen LogP contribution is 2.33. The van der Waals surface area contributed by atoms with Crippen molar-refractivity contribution in [3.05, 3.63) is 47.2 Å². The van der Waals surface area contributed by atoms with Crippen LogP contribution in [0.4, 0.5) is 0 Å². The number of hydrogen-bond acceptors (Lipinski definition) is 4. The molecular weight excluding hydrogens is 414 g/mol. The summed E-state index contributed by atoms with van der Waals surface area (Å²) in [7, 11) is 0. The van der Waals surface area contributed by atoms with E-state index in [1.807, 2.05) is 6.07 Å². The van der Waals surface area contributed by atoms with Crippen LogP contribution in [-0.2, 0) is 17.8 Å². The number of carbonyl (C=O) groups is 2. The lowest BCUT2D eigenvalue weighted by molar-refractivity contribution is -0.126. The molecule has 178 valence electrons. The zero-order valence-electron chi connectivity index (χ0n) is 19.5. The van der Waals surface area contributed by atoms with Gasteiger partial charge in [-0.2, -0.15) is 0 Å². The summed E-state index contributed by atoms with van der Waals surface area (Å²) in [6, 6.07) is 6.43. The summed E-state index contributed by atoms with van der Waals surface area (Å²) in [4.78, 5) is 27.2. The lowest BCUT2D eigenvalue weighted by Gasteiger charge is -2.39. The average Bonchev–Trinajstić information content (AvgIpc) is 3.12. The number of aliphatic hydroxyl groups is 1. The Morgan fingerprint density at radius 2 is 1.88 bits per heavy atom. The first-order valence-corrected chi connectivity index (χ1v) is 12.8. The van der Waals surface area contributed by atoms with E-state index in [0.29, 0.717) is 31.3 Å². The molecule has 0 bridgehead atoms. The van der Waals surface area contributed by atoms with Gasteiger partial charge in [-0.3, -0.25) is 9.59 Å². The largest absolute Gasteiger partial charge is 0.391 e. The Kier molecular flexibility index (Phi) is 6.57. The van der Waals surface area contributed by atoms with E-state index in [1.165, 1.54) is 37.7 Å². The summed E-state index contributed by atoms with van der Waals surface area (Å²) >= 11 is 0. The van der Waals surface area contributed by atoms with Crippen molar-refractivity contribution < 1.29 is 14.7 Å². The SMILES string of the molecule is C=C1CCC(N2Cc3cc(C[C@H]4CCC[C@H](O)[C@@H]4NC4CCCCC4)ccc3C2=O)C(=O)N1. The van der Waals surface area contributed by atoms with Gasteiger partial charge in [-0.15, -0.1) is 0 Å². The molecule has 2 heterocycles. The van der Waals surface area contributed by atoms with E-state index in [2.05, 4.69) is 29.3 Å². The highest BCUT2D eigenvalue weighted by atomic mass is 16.3. The summed E-state index contributed by atoms with van der Waals surface area (Å²) in [5.41, 5.74) is 3.69. The van der Waals surface area contributed by atoms with Crippen LogP contribution in [0.1, 0.15) is 85.7 Å². The first-order valence-electron chi connectivity index (χ1n) is 12.8. The predicted molar refractivity (Wildman–Crippen MR) is 127 cm³/mol. The van der Waals surface area contributed by atoms with Crippen molar-refractivity contribution >= 4 is 11.8 Å². The Morgan fingerprint density at radius 3 is 2.67 bits per heavy atom. The maximum Gasteiger partial charge on any atom is 0.255 e. The van der Waals surface area contributed by atoms with Crippen molar-refractivity contribution in [3.8, 4) is 0 Å². The van der Waals surface area contributed by atoms with Crippen LogP contribution in [0.2, 0.25) is 0 Å². The maximum atomic E-state index is 13.0. The molecule has 0 spiro atoms. The van der Waals surface area contributed by atoms with Crippen molar-refractivity contribution in [2.24, 2.45) is 5.92 Å². The quantitative estimate of drug-likeness (QED) is 0.641. The number of benzene rings is 1. The van der Waals surface area contributed by atoms with Gasteiger partial charge in [-0.25, -0.2) is 0 Å². The Bertz CT molecular complexity index is 923. The van der Waals surface area contributed by atoms with E-state index < -0.39 is 6.04 Å². The molecule has 1 aromatic carbocycles. The molecule has 0 aromatic heterocycles. The van der Waals surface area contributed by atoms with Gasteiger partial charge in [0.15, 0.2) is 0 Å². The second-order valence-electron chi connectivity index (χ2n) is 10.6. The first kappa shape index (κ1) is 22.6. The highest BCUT2D eigenvalue weighted by molar-refractivity contribution is 6.01. The third kappa shape index (κ3) is 4.73. The molecular formula is C27H37N3O3. The Morgan fingerprint density at radius 1 is 1.06 bits per heavy atom. The van der Waals surface area contributed by atoms with Crippen molar-refractivity contribution in [1.82, 2.24) is 15.5 Å². The molecule has 4 atom stereocenters. The number of fused-ring (bicyclic) bond motifs is 1. The molecule has 0 radical (unpaired) electrons. The minimum Gasteiger partial charge on any atom is -0.391 e. The second kappa shape index (κ2) is 9.59. The molecule has 33 heavy (non-hydrogen) atoms. The van der Waals surface area contributed by atoms with Crippen molar-refractivity contribution in [2.45, 2.75) is 101 Å². The monoisotopic (exact) mass is 451 g/mol. The zero-order valence-corrected chi connectivity index (χ0v) is 19.5. The van der Waals surface area contributed by atoms with Gasteiger partial charge < -0.3 is 20.6 Å². The van der Waals surface area contributed by atoms with Crippen LogP contribution in [0.5, 0.6) is 0 Å². The Labute approximate surface area is 196 Å². The van der Waals surface area contributed by atoms with Gasteiger partial charge in [0.25, 0.3) is 5.91 Å². The van der Waals surface area contributed by atoms with Crippen LogP contribution in [0.3, 0.4) is 0 Å². The molecule has 2 aliphatic carbocycles. The number of allylic oxidation sites excluding steroid dienone is 1. The lowest BCUT2D eigenvalue weighted by Crippen LogP contribution is -2.52. The van der Waals surface area contributed by atoms with E-state index in [0.717, 1.165) is 42.5 Å². The van der Waals surface area contributed by atoms with Gasteiger partial charge in [0.05, 0.1) is 6.10 Å². The number of aliphatic hydroxyl groups excluding tert-OH is 1. The van der Waals surface area contributed by atoms with Gasteiger partial charge in [0.2, 0.25) is 5.91 Å². The number of hydrogen-bond donors (Lipinski definition) is 3. The van der Waals surface area contributed by atoms with Crippen molar-refractivity contribution in [2.75, 3.05) is 0 Å². The minimum atomic E-state index is -0.420. The summed E-state index contributed by atoms with van der Waals surface area (Å²) in [5, 5.41) is 17.4. The fourth-order valence-corrected chi connectivity index (χ4v) is 6.42. The van der Waals surface area contributed by atoms with Crippen LogP contribution in [0.25, 0.3) is 0 Å². The van der Waals surface area contributed by atoms with E-state index in [9.17, 15) is 14.7 Å². The van der Waals surface area contributed by atoms with Crippen molar-refractivity contribution in [1.29, 1.82) is 0 Å². The number of rotatable bonds is 5. The molecule has 2 aliphatic heterocycles. The minimum absolute atomic E-state index is 0.0471. The molecule has 6 nitrogen and oxygen atoms in total. The number of carbonyl (C=O) groups excluding carboxylic acids is 2. The van der Waals surface area contributed by atoms with Gasteiger partial charge in [-0.1, -0.05) is 44.4 Å². The number of amides is 2. The van der Waals surface area contributed by atoms with E-state index in [-0.39, 0.29) is 24.0 Å². The fourth-order valence-electron chi connectivity index (χ4n) is 6.42. The van der Waals surface area contributed by atoms with Crippen LogP contribution in [0.15, 0.2) is 30.5 Å². The zero-order chi connectivity index (χ0) is 22.9. The molecule has 2 saturated carbocycles.